The van der Waals surface area contributed by atoms with Gasteiger partial charge in [0.2, 0.25) is 0 Å². The summed E-state index contributed by atoms with van der Waals surface area (Å²) < 4.78 is 0. The van der Waals surface area contributed by atoms with Gasteiger partial charge in [-0.05, 0) is 0 Å². The van der Waals surface area contributed by atoms with Gasteiger partial charge < -0.3 is 0 Å². The van der Waals surface area contributed by atoms with E-state index in [9.17, 15) is 0 Å². The van der Waals surface area contributed by atoms with Crippen LogP contribution in [0.2, 0.25) is 0 Å². The van der Waals surface area contributed by atoms with Crippen molar-refractivity contribution >= 4 is 13.4 Å². The maximum absolute atomic E-state index is 2.32. The second-order valence-corrected chi connectivity index (χ2v) is 0. The molecule has 0 unspecified atom stereocenters. The molecule has 0 fully saturated rings. The van der Waals surface area contributed by atoms with E-state index in [-0.39, 0.29) is 53.6 Å². The average Bonchev–Trinajstić information content (AvgIpc) is 1.00. The van der Waals surface area contributed by atoms with Crippen molar-refractivity contribution in [1.82, 2.24) is 0 Å². The standard InChI is InChI=1S/Cu.Fe.Mo.H2Se.Zn/h;;;1H2;/q;;+1;;/p-1. The maximum atomic E-state index is 2.32. The van der Waals surface area contributed by atoms with Crippen LogP contribution >= 0.6 is 0 Å². The van der Waals surface area contributed by atoms with Gasteiger partial charge in [-0.1, -0.05) is 0 Å². The van der Waals surface area contributed by atoms with Crippen molar-refractivity contribution in [3.05, 3.63) is 0 Å². The van der Waals surface area contributed by atoms with Crippen LogP contribution in [-0.4, -0.2) is 13.4 Å². The Kier molecular flexibility index (Phi) is 143. The zero-order chi connectivity index (χ0) is 2.00. The van der Waals surface area contributed by atoms with Gasteiger partial charge in [0.15, 0.2) is 0 Å². The maximum Gasteiger partial charge on any atom is 0 e. The summed E-state index contributed by atoms with van der Waals surface area (Å²) in [6.45, 7) is 0. The van der Waals surface area contributed by atoms with Gasteiger partial charge in [0.25, 0.3) is 0 Å². The largest absolute Gasteiger partial charge is 0 e. The fraction of sp³-hybridized carbons (Fsp3) is 0. The molecule has 0 aliphatic carbocycles. The molecule has 0 rings (SSSR count). The van der Waals surface area contributed by atoms with Gasteiger partial charge in [-0.25, -0.2) is 0 Å². The van der Waals surface area contributed by atoms with E-state index in [1.807, 2.05) is 17.7 Å². The molecular formula is HCuFeMoSeZn. The molecule has 0 saturated heterocycles. The Bertz CT molecular complexity index is 11.6. The molecule has 0 aromatic rings. The fourth-order valence-electron chi connectivity index (χ4n) is 0. The average molecular weight is 361 g/mol. The molecule has 0 bridgehead atoms. The Hall–Kier alpha value is 2.87. The van der Waals surface area contributed by atoms with Crippen LogP contribution in [0.1, 0.15) is 0 Å². The normalized spacial score (nSPS) is 1.00. The van der Waals surface area contributed by atoms with Crippen molar-refractivity contribution in [1.29, 1.82) is 0 Å². The Morgan fingerprint density at radius 1 is 1.20 bits per heavy atom. The second-order valence-electron chi connectivity index (χ2n) is 0. The minimum absolute atomic E-state index is 0. The summed E-state index contributed by atoms with van der Waals surface area (Å²) in [5.41, 5.74) is 0. The molecule has 0 N–H and O–H groups in total. The minimum atomic E-state index is 0. The quantitative estimate of drug-likeness (QED) is 0.503. The van der Waals surface area contributed by atoms with E-state index < -0.39 is 0 Å². The van der Waals surface area contributed by atoms with Crippen molar-refractivity contribution in [2.24, 2.45) is 0 Å². The van der Waals surface area contributed by atoms with Gasteiger partial charge in [0, 0.05) is 53.6 Å². The first-order valence-electron chi connectivity index (χ1n) is 0.183. The topological polar surface area (TPSA) is 0 Å². The SMILES string of the molecule is [Cu].[Fe].[SeH][Mo].[Zn]. The van der Waals surface area contributed by atoms with Crippen LogP contribution < -0.4 is 0 Å². The Morgan fingerprint density at radius 3 is 1.20 bits per heavy atom. The zero-order valence-corrected chi connectivity index (χ0v) is 11.1. The second kappa shape index (κ2) is 28.7. The van der Waals surface area contributed by atoms with Crippen molar-refractivity contribution in [3.8, 4) is 0 Å². The van der Waals surface area contributed by atoms with E-state index >= 15 is 0 Å². The van der Waals surface area contributed by atoms with Crippen LogP contribution in [-0.2, 0) is 71.4 Å². The van der Waals surface area contributed by atoms with E-state index in [4.69, 9.17) is 0 Å². The summed E-state index contributed by atoms with van der Waals surface area (Å²) >= 11 is 4.21. The molecule has 5 heteroatoms. The Morgan fingerprint density at radius 2 is 1.20 bits per heavy atom. The number of rotatable bonds is 0. The molecule has 0 aliphatic rings. The third-order valence-electron chi connectivity index (χ3n) is 0. The molecule has 0 aromatic carbocycles. The molecule has 0 atom stereocenters. The predicted octanol–water partition coefficient (Wildman–Crippen LogP) is -0.659. The van der Waals surface area contributed by atoms with E-state index in [2.05, 4.69) is 13.4 Å². The fourth-order valence-corrected chi connectivity index (χ4v) is 0. The molecule has 0 aliphatic heterocycles. The van der Waals surface area contributed by atoms with Crippen LogP contribution in [0.3, 0.4) is 0 Å². The van der Waals surface area contributed by atoms with E-state index in [0.29, 0.717) is 0 Å². The van der Waals surface area contributed by atoms with Crippen molar-refractivity contribution in [2.75, 3.05) is 0 Å². The summed E-state index contributed by atoms with van der Waals surface area (Å²) in [4.78, 5) is 0. The van der Waals surface area contributed by atoms with Gasteiger partial charge >= 0.3 is 31.1 Å². The first-order valence-corrected chi connectivity index (χ1v) is 5.61. The van der Waals surface area contributed by atoms with Crippen molar-refractivity contribution in [3.63, 3.8) is 0 Å². The molecule has 0 amide bonds. The third-order valence-corrected chi connectivity index (χ3v) is 0. The molecule has 1 radical (unpaired) electrons. The summed E-state index contributed by atoms with van der Waals surface area (Å²) in [7, 11) is 0. The van der Waals surface area contributed by atoms with Crippen LogP contribution in [0.5, 0.6) is 0 Å². The van der Waals surface area contributed by atoms with Gasteiger partial charge in [0.1, 0.15) is 0 Å². The minimum Gasteiger partial charge on any atom is 0 e. The number of hydrogen-bond acceptors (Lipinski definition) is 0. The summed E-state index contributed by atoms with van der Waals surface area (Å²) in [6.07, 6.45) is 0. The summed E-state index contributed by atoms with van der Waals surface area (Å²) in [5, 5.41) is 0. The van der Waals surface area contributed by atoms with Crippen molar-refractivity contribution < 1.29 is 71.4 Å². The van der Waals surface area contributed by atoms with Gasteiger partial charge in [-0.15, -0.1) is 0 Å². The Labute approximate surface area is 83.4 Å². The molecule has 0 saturated carbocycles. The van der Waals surface area contributed by atoms with Crippen LogP contribution in [0, 0.1) is 0 Å². The van der Waals surface area contributed by atoms with Crippen molar-refractivity contribution in [2.45, 2.75) is 0 Å². The Balaban J connectivity index is -0.00000000167. The first kappa shape index (κ1) is 24.8. The van der Waals surface area contributed by atoms with E-state index in [0.717, 1.165) is 0 Å². The zero-order valence-electron chi connectivity index (χ0n) is 2.22. The molecule has 34 valence electrons. The smallest absolute Gasteiger partial charge is 0 e. The summed E-state index contributed by atoms with van der Waals surface area (Å²) in [5.74, 6) is 0. The first-order chi connectivity index (χ1) is 1.00. The van der Waals surface area contributed by atoms with E-state index in [1.54, 1.807) is 0 Å². The molecular weight excluding hydrogens is 360 g/mol. The van der Waals surface area contributed by atoms with E-state index in [1.165, 1.54) is 0 Å². The van der Waals surface area contributed by atoms with Gasteiger partial charge in [-0.2, -0.15) is 0 Å². The van der Waals surface area contributed by atoms with Gasteiger partial charge in [0.05, 0.1) is 0 Å². The monoisotopic (exact) mass is 362 g/mol. The number of hydrogen-bond donors (Lipinski definition) is 0. The summed E-state index contributed by atoms with van der Waals surface area (Å²) in [6, 6.07) is 0. The molecule has 0 aromatic heterocycles. The van der Waals surface area contributed by atoms with Crippen LogP contribution in [0.4, 0.5) is 0 Å². The molecule has 0 nitrogen and oxygen atoms in total. The van der Waals surface area contributed by atoms with Gasteiger partial charge in [-0.3, -0.25) is 0 Å². The molecule has 0 spiro atoms. The third kappa shape index (κ3) is 19.8. The molecule has 5 heavy (non-hydrogen) atoms. The van der Waals surface area contributed by atoms with Crippen LogP contribution in [0.15, 0.2) is 0 Å². The predicted molar refractivity (Wildman–Crippen MR) is 7.15 cm³/mol. The van der Waals surface area contributed by atoms with Crippen LogP contribution in [0.25, 0.3) is 0 Å². The molecule has 0 heterocycles.